The van der Waals surface area contributed by atoms with Crippen molar-refractivity contribution in [3.8, 4) is 11.3 Å². The molecule has 0 aliphatic heterocycles. The minimum atomic E-state index is -0.500. The highest BCUT2D eigenvalue weighted by Crippen LogP contribution is 2.30. The van der Waals surface area contributed by atoms with E-state index in [1.54, 1.807) is 30.3 Å². The Morgan fingerprint density at radius 3 is 2.91 bits per heavy atom. The highest BCUT2D eigenvalue weighted by molar-refractivity contribution is 5.81. The summed E-state index contributed by atoms with van der Waals surface area (Å²) in [4.78, 5) is 35.7. The summed E-state index contributed by atoms with van der Waals surface area (Å²) in [6, 6.07) is 9.37. The van der Waals surface area contributed by atoms with Crippen LogP contribution in [-0.4, -0.2) is 31.9 Å². The number of nitro benzene ring substituents is 1. The lowest BCUT2D eigenvalue weighted by molar-refractivity contribution is -0.582. The number of benzene rings is 1. The molecule has 2 N–H and O–H groups in total. The van der Waals surface area contributed by atoms with Crippen molar-refractivity contribution in [2.75, 3.05) is 0 Å². The number of hydrogen-bond acceptors (Lipinski definition) is 7. The molecule has 12 nitrogen and oxygen atoms in total. The van der Waals surface area contributed by atoms with Gasteiger partial charge in [0.15, 0.2) is 6.54 Å². The van der Waals surface area contributed by atoms with Crippen LogP contribution in [0.2, 0.25) is 0 Å². The summed E-state index contributed by atoms with van der Waals surface area (Å²) in [6.07, 6.45) is 3.25. The van der Waals surface area contributed by atoms with Gasteiger partial charge in [-0.25, -0.2) is 10.5 Å². The Labute approximate surface area is 186 Å². The maximum Gasteiger partial charge on any atom is 0.331 e. The fraction of sp³-hybridized carbons (Fsp3) is 0.190. The van der Waals surface area contributed by atoms with Crippen LogP contribution in [0, 0.1) is 17.0 Å². The van der Waals surface area contributed by atoms with Gasteiger partial charge in [-0.1, -0.05) is 23.7 Å². The average Bonchev–Trinajstić information content (AvgIpc) is 3.41. The number of rotatable bonds is 7. The van der Waals surface area contributed by atoms with Crippen LogP contribution < -0.4 is 15.4 Å². The second-order valence-electron chi connectivity index (χ2n) is 7.15. The lowest BCUT2D eigenvalue weighted by Gasteiger charge is -2.01. The number of fused-ring (bicyclic) bond motifs is 1. The average molecular weight is 450 g/mol. The lowest BCUT2D eigenvalue weighted by atomic mass is 10.1. The molecule has 0 aliphatic rings. The molecule has 3 heterocycles. The molecular formula is C21H20N7O5+. The molecule has 4 rings (SSSR count). The highest BCUT2D eigenvalue weighted by atomic mass is 16.6. The number of hydrazone groups is 1. The molecule has 12 heteroatoms. The molecule has 0 aliphatic carbocycles. The molecular weight excluding hydrogens is 430 g/mol. The molecule has 0 radical (unpaired) electrons. The van der Waals surface area contributed by atoms with Crippen LogP contribution in [0.5, 0.6) is 0 Å². The van der Waals surface area contributed by atoms with E-state index in [4.69, 9.17) is 4.42 Å². The van der Waals surface area contributed by atoms with Crippen LogP contribution in [0.4, 0.5) is 5.69 Å². The van der Waals surface area contributed by atoms with Crippen LogP contribution in [0.15, 0.2) is 57.0 Å². The third-order valence-corrected chi connectivity index (χ3v) is 5.02. The Morgan fingerprint density at radius 2 is 2.15 bits per heavy atom. The predicted octanol–water partition coefficient (Wildman–Crippen LogP) is 1.50. The minimum absolute atomic E-state index is 0.0793. The largest absolute Gasteiger partial charge is 0.455 e. The number of nitrogens with zero attached hydrogens (tertiary/aromatic N) is 5. The Balaban J connectivity index is 1.46. The normalized spacial score (nSPS) is 11.3. The number of amides is 1. The molecule has 1 aromatic carbocycles. The molecule has 0 fully saturated rings. The van der Waals surface area contributed by atoms with E-state index in [1.807, 2.05) is 13.8 Å². The second kappa shape index (κ2) is 8.86. The van der Waals surface area contributed by atoms with Gasteiger partial charge in [-0.15, -0.1) is 4.52 Å². The molecule has 0 unspecified atom stereocenters. The molecule has 0 atom stereocenters. The summed E-state index contributed by atoms with van der Waals surface area (Å²) in [6.45, 7) is 3.47. The number of furan rings is 1. The summed E-state index contributed by atoms with van der Waals surface area (Å²) >= 11 is 0. The van der Waals surface area contributed by atoms with Gasteiger partial charge in [0.2, 0.25) is 0 Å². The Hall–Kier alpha value is -4.61. The summed E-state index contributed by atoms with van der Waals surface area (Å²) in [5.74, 6) is 0.0970. The predicted molar refractivity (Wildman–Crippen MR) is 117 cm³/mol. The van der Waals surface area contributed by atoms with Gasteiger partial charge in [0.25, 0.3) is 23.4 Å². The Bertz CT molecular complexity index is 1450. The maximum absolute atomic E-state index is 12.7. The summed E-state index contributed by atoms with van der Waals surface area (Å²) in [5.41, 5.74) is 4.03. The van der Waals surface area contributed by atoms with Gasteiger partial charge in [-0.2, -0.15) is 5.10 Å². The Morgan fingerprint density at radius 1 is 1.36 bits per heavy atom. The number of carbonyl (C=O) groups is 1. The van der Waals surface area contributed by atoms with Crippen molar-refractivity contribution in [1.29, 1.82) is 0 Å². The number of H-pyrrole nitrogens is 1. The number of nitrogens with one attached hydrogen (secondary N) is 2. The van der Waals surface area contributed by atoms with Crippen LogP contribution in [0.1, 0.15) is 23.9 Å². The molecule has 33 heavy (non-hydrogen) atoms. The van der Waals surface area contributed by atoms with Crippen molar-refractivity contribution in [2.24, 2.45) is 5.10 Å². The molecule has 0 spiro atoms. The van der Waals surface area contributed by atoms with Crippen LogP contribution >= 0.6 is 0 Å². The van der Waals surface area contributed by atoms with Gasteiger partial charge in [0.05, 0.1) is 16.7 Å². The number of nitro groups is 1. The standard InChI is InChI=1S/C21H19N7O5/c1-3-15-13(2)25-27-12-23-26(21(27)20(15)30)11-19(29)24-22-10-14-8-9-18(33-14)16-6-4-5-7-17(16)28(31)32/h4-10,12H,3,11H2,1-2H3,(H-,24,25,29,30)/p+1. The van der Waals surface area contributed by atoms with Crippen molar-refractivity contribution >= 4 is 23.5 Å². The van der Waals surface area contributed by atoms with E-state index in [9.17, 15) is 19.7 Å². The Kier molecular flexibility index (Phi) is 5.81. The van der Waals surface area contributed by atoms with E-state index in [0.717, 1.165) is 5.69 Å². The second-order valence-corrected chi connectivity index (χ2v) is 7.15. The topological polar surface area (TPSA) is 153 Å². The van der Waals surface area contributed by atoms with Gasteiger partial charge < -0.3 is 4.42 Å². The van der Waals surface area contributed by atoms with E-state index in [-0.39, 0.29) is 23.3 Å². The van der Waals surface area contributed by atoms with Crippen molar-refractivity contribution < 1.29 is 18.7 Å². The monoisotopic (exact) mass is 450 g/mol. The van der Waals surface area contributed by atoms with Crippen molar-refractivity contribution in [3.05, 3.63) is 80.1 Å². The third kappa shape index (κ3) is 4.26. The van der Waals surface area contributed by atoms with Crippen LogP contribution in [-0.2, 0) is 17.8 Å². The third-order valence-electron chi connectivity index (χ3n) is 5.02. The molecule has 0 bridgehead atoms. The summed E-state index contributed by atoms with van der Waals surface area (Å²) in [5, 5.41) is 22.2. The molecule has 0 saturated heterocycles. The first-order valence-corrected chi connectivity index (χ1v) is 10.0. The van der Waals surface area contributed by atoms with E-state index >= 15 is 0 Å². The summed E-state index contributed by atoms with van der Waals surface area (Å²) < 4.78 is 8.35. The molecule has 4 aromatic rings. The number of carbonyl (C=O) groups excluding carboxylic acids is 1. The van der Waals surface area contributed by atoms with E-state index in [2.05, 4.69) is 20.7 Å². The SMILES string of the molecule is CCc1c(C)[nH][n+]2cnn(CC(=O)NN=Cc3ccc(-c4ccccc4[N+](=O)[O-])o3)c2c1=O. The lowest BCUT2D eigenvalue weighted by Crippen LogP contribution is -2.36. The molecule has 1 amide bonds. The fourth-order valence-corrected chi connectivity index (χ4v) is 3.50. The first-order chi connectivity index (χ1) is 15.9. The fourth-order valence-electron chi connectivity index (χ4n) is 3.50. The molecule has 0 saturated carbocycles. The van der Waals surface area contributed by atoms with Crippen molar-refractivity contribution in [3.63, 3.8) is 0 Å². The maximum atomic E-state index is 12.7. The first-order valence-electron chi connectivity index (χ1n) is 10.0. The number of hydrogen-bond donors (Lipinski definition) is 2. The quantitative estimate of drug-likeness (QED) is 0.188. The van der Waals surface area contributed by atoms with E-state index in [1.165, 1.54) is 27.8 Å². The van der Waals surface area contributed by atoms with E-state index in [0.29, 0.717) is 29.1 Å². The van der Waals surface area contributed by atoms with Gasteiger partial charge >= 0.3 is 5.65 Å². The highest BCUT2D eigenvalue weighted by Gasteiger charge is 2.22. The van der Waals surface area contributed by atoms with Crippen molar-refractivity contribution in [2.45, 2.75) is 26.8 Å². The zero-order chi connectivity index (χ0) is 23.5. The van der Waals surface area contributed by atoms with Gasteiger partial charge in [0.1, 0.15) is 11.5 Å². The molecule has 3 aromatic heterocycles. The number of para-hydroxylation sites is 1. The minimum Gasteiger partial charge on any atom is -0.455 e. The number of aromatic amines is 1. The van der Waals surface area contributed by atoms with Crippen molar-refractivity contribution in [1.82, 2.24) is 20.3 Å². The zero-order valence-electron chi connectivity index (χ0n) is 17.8. The van der Waals surface area contributed by atoms with Gasteiger partial charge in [-0.3, -0.25) is 19.7 Å². The zero-order valence-corrected chi connectivity index (χ0v) is 17.8. The number of aromatic nitrogens is 4. The first kappa shape index (κ1) is 21.6. The smallest absolute Gasteiger partial charge is 0.331 e. The van der Waals surface area contributed by atoms with E-state index < -0.39 is 10.8 Å². The van der Waals surface area contributed by atoms with Gasteiger partial charge in [0, 0.05) is 22.4 Å². The van der Waals surface area contributed by atoms with Crippen LogP contribution in [0.25, 0.3) is 17.0 Å². The summed E-state index contributed by atoms with van der Waals surface area (Å²) in [7, 11) is 0. The van der Waals surface area contributed by atoms with Gasteiger partial charge in [-0.05, 0) is 31.5 Å². The molecule has 168 valence electrons. The van der Waals surface area contributed by atoms with Crippen LogP contribution in [0.3, 0.4) is 0 Å². The number of aryl methyl sites for hydroxylation is 1.